The van der Waals surface area contributed by atoms with E-state index in [0.717, 1.165) is 5.56 Å². The predicted molar refractivity (Wildman–Crippen MR) is 109 cm³/mol. The number of allylic oxidation sites excluding steroid dienone is 2. The second-order valence-corrected chi connectivity index (χ2v) is 8.51. The minimum Gasteiger partial charge on any atom is -0.493 e. The fourth-order valence-electron chi connectivity index (χ4n) is 2.21. The van der Waals surface area contributed by atoms with Crippen molar-refractivity contribution in [2.24, 2.45) is 4.99 Å². The minimum atomic E-state index is -3.84. The smallest absolute Gasteiger partial charge is 0.263 e. The molecule has 1 N–H and O–H groups in total. The molecule has 0 aliphatic carbocycles. The summed E-state index contributed by atoms with van der Waals surface area (Å²) >= 11 is 0. The highest BCUT2D eigenvalue weighted by Crippen LogP contribution is 2.24. The maximum Gasteiger partial charge on any atom is 0.263 e. The zero-order valence-electron chi connectivity index (χ0n) is 16.8. The van der Waals surface area contributed by atoms with Crippen LogP contribution in [0, 0.1) is 0 Å². The van der Waals surface area contributed by atoms with Crippen LogP contribution < -0.4 is 4.72 Å². The number of ether oxygens (including phenoxy) is 2. The second-order valence-electron chi connectivity index (χ2n) is 6.83. The average molecular weight is 393 g/mol. The molecule has 0 atom stereocenters. The summed E-state index contributed by atoms with van der Waals surface area (Å²) in [6.07, 6.45) is 1.68. The second kappa shape index (κ2) is 8.90. The van der Waals surface area contributed by atoms with Crippen LogP contribution in [0.15, 0.2) is 69.9 Å². The van der Waals surface area contributed by atoms with Gasteiger partial charge in [-0.25, -0.2) is 13.4 Å². The van der Waals surface area contributed by atoms with Gasteiger partial charge in [0, 0.05) is 0 Å². The zero-order valence-corrected chi connectivity index (χ0v) is 17.6. The van der Waals surface area contributed by atoms with Crippen molar-refractivity contribution in [2.75, 3.05) is 7.11 Å². The largest absolute Gasteiger partial charge is 0.493 e. The lowest BCUT2D eigenvalue weighted by atomic mass is 9.87. The summed E-state index contributed by atoms with van der Waals surface area (Å²) < 4.78 is 38.3. The lowest BCUT2D eigenvalue weighted by Gasteiger charge is -2.19. The summed E-state index contributed by atoms with van der Waals surface area (Å²) in [5.41, 5.74) is 0.966. The first-order chi connectivity index (χ1) is 12.5. The van der Waals surface area contributed by atoms with Crippen LogP contribution in [0.3, 0.4) is 0 Å². The van der Waals surface area contributed by atoms with Crippen LogP contribution in [-0.2, 0) is 24.9 Å². The third-order valence-corrected chi connectivity index (χ3v) is 5.14. The predicted octanol–water partition coefficient (Wildman–Crippen LogP) is 4.23. The van der Waals surface area contributed by atoms with Gasteiger partial charge in [-0.3, -0.25) is 4.72 Å². The Morgan fingerprint density at radius 3 is 2.19 bits per heavy atom. The molecule has 0 bridgehead atoms. The molecule has 7 heteroatoms. The van der Waals surface area contributed by atoms with Crippen molar-refractivity contribution in [3.63, 3.8) is 0 Å². The highest BCUT2D eigenvalue weighted by atomic mass is 32.2. The highest BCUT2D eigenvalue weighted by Gasteiger charge is 2.20. The number of sulfonamides is 1. The molecular weight excluding hydrogens is 364 g/mol. The topological polar surface area (TPSA) is 77.0 Å². The molecule has 0 aliphatic heterocycles. The minimum absolute atomic E-state index is 0.0254. The van der Waals surface area contributed by atoms with Crippen LogP contribution in [0.4, 0.5) is 0 Å². The molecular formula is C20H28N2O4S. The van der Waals surface area contributed by atoms with E-state index in [1.165, 1.54) is 7.11 Å². The summed E-state index contributed by atoms with van der Waals surface area (Å²) in [5.74, 6) is 0.828. The molecule has 0 heterocycles. The van der Waals surface area contributed by atoms with Crippen molar-refractivity contribution in [3.8, 4) is 0 Å². The number of benzene rings is 1. The maximum absolute atomic E-state index is 12.7. The number of hydrogen-bond acceptors (Lipinski definition) is 5. The number of rotatable bonds is 8. The van der Waals surface area contributed by atoms with Gasteiger partial charge in [0.25, 0.3) is 10.0 Å². The van der Waals surface area contributed by atoms with Crippen LogP contribution in [0.25, 0.3) is 0 Å². The molecule has 0 unspecified atom stereocenters. The lowest BCUT2D eigenvalue weighted by Crippen LogP contribution is -2.24. The SMILES string of the molecule is C=N/C(NS(=O)(=O)c1ccc(C(C)(C)C)cc1)=C(\C)OC(=C)/C(=C\C)OC. The van der Waals surface area contributed by atoms with E-state index in [-0.39, 0.29) is 27.6 Å². The number of nitrogens with zero attached hydrogens (tertiary/aromatic N) is 1. The summed E-state index contributed by atoms with van der Waals surface area (Å²) in [6.45, 7) is 16.7. The van der Waals surface area contributed by atoms with E-state index in [0.29, 0.717) is 5.76 Å². The summed E-state index contributed by atoms with van der Waals surface area (Å²) in [4.78, 5) is 3.85. The monoisotopic (exact) mass is 392 g/mol. The summed E-state index contributed by atoms with van der Waals surface area (Å²) in [6, 6.07) is 6.70. The van der Waals surface area contributed by atoms with Crippen LogP contribution in [0.2, 0.25) is 0 Å². The van der Waals surface area contributed by atoms with Crippen LogP contribution in [0.1, 0.15) is 40.2 Å². The molecule has 0 saturated carbocycles. The molecule has 0 saturated heterocycles. The number of nitrogens with one attached hydrogen (secondary N) is 1. The molecule has 0 spiro atoms. The van der Waals surface area contributed by atoms with Gasteiger partial charge in [0.2, 0.25) is 0 Å². The summed E-state index contributed by atoms with van der Waals surface area (Å²) in [5, 5.41) is 0. The van der Waals surface area contributed by atoms with Crippen molar-refractivity contribution < 1.29 is 17.9 Å². The van der Waals surface area contributed by atoms with E-state index in [1.807, 2.05) is 0 Å². The molecule has 6 nitrogen and oxygen atoms in total. The molecule has 1 aromatic carbocycles. The maximum atomic E-state index is 12.7. The molecule has 0 amide bonds. The summed E-state index contributed by atoms with van der Waals surface area (Å²) in [7, 11) is -2.36. The Hall–Kier alpha value is -2.54. The van der Waals surface area contributed by atoms with E-state index in [4.69, 9.17) is 9.47 Å². The molecule has 0 aromatic heterocycles. The number of aliphatic imine (C=N–C) groups is 1. The van der Waals surface area contributed by atoms with Crippen LogP contribution in [0.5, 0.6) is 0 Å². The van der Waals surface area contributed by atoms with Gasteiger partial charge in [-0.05, 0) is 49.8 Å². The van der Waals surface area contributed by atoms with Crippen molar-refractivity contribution in [2.45, 2.75) is 44.9 Å². The molecule has 148 valence electrons. The van der Waals surface area contributed by atoms with Gasteiger partial charge in [-0.1, -0.05) is 39.5 Å². The van der Waals surface area contributed by atoms with Gasteiger partial charge in [0.1, 0.15) is 5.76 Å². The van der Waals surface area contributed by atoms with E-state index < -0.39 is 10.0 Å². The fourth-order valence-corrected chi connectivity index (χ4v) is 3.29. The van der Waals surface area contributed by atoms with Crippen molar-refractivity contribution in [1.82, 2.24) is 4.72 Å². The van der Waals surface area contributed by atoms with Crippen LogP contribution in [-0.4, -0.2) is 22.2 Å². The van der Waals surface area contributed by atoms with Crippen molar-refractivity contribution >= 4 is 16.7 Å². The van der Waals surface area contributed by atoms with Gasteiger partial charge >= 0.3 is 0 Å². The quantitative estimate of drug-likeness (QED) is 0.408. The zero-order chi connectivity index (χ0) is 20.8. The fraction of sp³-hybridized carbons (Fsp3) is 0.350. The Morgan fingerprint density at radius 1 is 1.22 bits per heavy atom. The molecule has 27 heavy (non-hydrogen) atoms. The van der Waals surface area contributed by atoms with E-state index in [1.54, 1.807) is 44.2 Å². The lowest BCUT2D eigenvalue weighted by molar-refractivity contribution is 0.226. The van der Waals surface area contributed by atoms with Crippen molar-refractivity contribution in [3.05, 3.63) is 65.6 Å². The van der Waals surface area contributed by atoms with E-state index in [2.05, 4.69) is 43.8 Å². The Labute approximate surface area is 162 Å². The van der Waals surface area contributed by atoms with Gasteiger partial charge in [-0.15, -0.1) is 0 Å². The molecule has 1 rings (SSSR count). The Bertz CT molecular complexity index is 858. The van der Waals surface area contributed by atoms with E-state index in [9.17, 15) is 8.42 Å². The third kappa shape index (κ3) is 5.99. The first-order valence-corrected chi connectivity index (χ1v) is 9.83. The van der Waals surface area contributed by atoms with Crippen molar-refractivity contribution in [1.29, 1.82) is 0 Å². The normalized spacial score (nSPS) is 13.5. The van der Waals surface area contributed by atoms with Gasteiger partial charge in [-0.2, -0.15) is 0 Å². The van der Waals surface area contributed by atoms with Gasteiger partial charge in [0.05, 0.1) is 12.0 Å². The molecule has 1 aromatic rings. The van der Waals surface area contributed by atoms with Gasteiger partial charge in [0.15, 0.2) is 17.3 Å². The Morgan fingerprint density at radius 2 is 1.78 bits per heavy atom. The van der Waals surface area contributed by atoms with E-state index >= 15 is 0 Å². The Balaban J connectivity index is 3.10. The standard InChI is InChI=1S/C20H28N2O4S/c1-9-18(25-8)14(2)26-15(3)19(21-7)22-27(23,24)17-12-10-16(11-13-17)20(4,5)6/h9-13,22H,2,7H2,1,3-6,8H3/b18-9+,19-15-. The highest BCUT2D eigenvalue weighted by molar-refractivity contribution is 7.89. The third-order valence-electron chi connectivity index (χ3n) is 3.79. The first-order valence-electron chi connectivity index (χ1n) is 8.34. The van der Waals surface area contributed by atoms with Crippen LogP contribution >= 0.6 is 0 Å². The molecule has 0 radical (unpaired) electrons. The Kier molecular flexibility index (Phi) is 7.42. The number of hydrogen-bond donors (Lipinski definition) is 1. The van der Waals surface area contributed by atoms with Gasteiger partial charge < -0.3 is 9.47 Å². The number of methoxy groups -OCH3 is 1. The first kappa shape index (κ1) is 22.5. The average Bonchev–Trinajstić information content (AvgIpc) is 2.60. The molecule has 0 fully saturated rings. The molecule has 0 aliphatic rings.